The highest BCUT2D eigenvalue weighted by Gasteiger charge is 2.24. The van der Waals surface area contributed by atoms with Gasteiger partial charge in [-0.15, -0.1) is 0 Å². The molecule has 3 rings (SSSR count). The SMILES string of the molecule is Cc1c(Cl)cccc1N=C1NC(=O)/C(=C\c2ccc(OCC(=O)O)c(Br)c2)S1. The van der Waals surface area contributed by atoms with Gasteiger partial charge in [0.15, 0.2) is 11.8 Å². The van der Waals surface area contributed by atoms with E-state index in [1.165, 1.54) is 11.8 Å². The van der Waals surface area contributed by atoms with Gasteiger partial charge in [-0.25, -0.2) is 9.79 Å². The number of aliphatic carboxylic acids is 1. The van der Waals surface area contributed by atoms with Gasteiger partial charge < -0.3 is 15.2 Å². The van der Waals surface area contributed by atoms with E-state index in [9.17, 15) is 9.59 Å². The normalized spacial score (nSPS) is 16.5. The predicted molar refractivity (Wildman–Crippen MR) is 114 cm³/mol. The zero-order valence-electron chi connectivity index (χ0n) is 14.5. The van der Waals surface area contributed by atoms with Gasteiger partial charge in [0.25, 0.3) is 5.91 Å². The molecule has 1 saturated heterocycles. The van der Waals surface area contributed by atoms with Crippen LogP contribution in [0.4, 0.5) is 5.69 Å². The Kier molecular flexibility index (Phi) is 6.43. The van der Waals surface area contributed by atoms with Gasteiger partial charge >= 0.3 is 5.97 Å². The average molecular weight is 482 g/mol. The largest absolute Gasteiger partial charge is 0.481 e. The van der Waals surface area contributed by atoms with Crippen molar-refractivity contribution in [2.75, 3.05) is 6.61 Å². The van der Waals surface area contributed by atoms with E-state index in [1.807, 2.05) is 13.0 Å². The molecule has 0 saturated carbocycles. The molecule has 144 valence electrons. The third-order valence-electron chi connectivity index (χ3n) is 3.72. The lowest BCUT2D eigenvalue weighted by Gasteiger charge is -2.06. The summed E-state index contributed by atoms with van der Waals surface area (Å²) in [6, 6.07) is 10.5. The molecule has 28 heavy (non-hydrogen) atoms. The zero-order valence-corrected chi connectivity index (χ0v) is 17.7. The van der Waals surface area contributed by atoms with E-state index in [0.717, 1.165) is 11.1 Å². The summed E-state index contributed by atoms with van der Waals surface area (Å²) in [6.07, 6.45) is 1.72. The molecule has 0 unspecified atom stereocenters. The van der Waals surface area contributed by atoms with E-state index in [0.29, 0.717) is 31.0 Å². The molecule has 0 atom stereocenters. The van der Waals surface area contributed by atoms with Crippen LogP contribution in [-0.2, 0) is 9.59 Å². The lowest BCUT2D eigenvalue weighted by Crippen LogP contribution is -2.19. The smallest absolute Gasteiger partial charge is 0.341 e. The summed E-state index contributed by atoms with van der Waals surface area (Å²) in [4.78, 5) is 27.8. The van der Waals surface area contributed by atoms with Gasteiger partial charge in [0, 0.05) is 5.02 Å². The Balaban J connectivity index is 1.79. The van der Waals surface area contributed by atoms with E-state index in [2.05, 4.69) is 26.2 Å². The lowest BCUT2D eigenvalue weighted by atomic mass is 10.2. The number of benzene rings is 2. The quantitative estimate of drug-likeness (QED) is 0.601. The van der Waals surface area contributed by atoms with Crippen molar-refractivity contribution in [3.05, 3.63) is 61.9 Å². The molecule has 1 fully saturated rings. The fourth-order valence-electron chi connectivity index (χ4n) is 2.32. The maximum atomic E-state index is 12.3. The maximum absolute atomic E-state index is 12.3. The minimum Gasteiger partial charge on any atom is -0.481 e. The van der Waals surface area contributed by atoms with Gasteiger partial charge in [-0.3, -0.25) is 4.79 Å². The van der Waals surface area contributed by atoms with Crippen LogP contribution in [0, 0.1) is 6.92 Å². The fourth-order valence-corrected chi connectivity index (χ4v) is 3.84. The fraction of sp³-hybridized carbons (Fsp3) is 0.105. The van der Waals surface area contributed by atoms with Crippen LogP contribution in [0.5, 0.6) is 5.75 Å². The molecule has 6 nitrogen and oxygen atoms in total. The summed E-state index contributed by atoms with van der Waals surface area (Å²) in [5, 5.41) is 12.5. The summed E-state index contributed by atoms with van der Waals surface area (Å²) in [7, 11) is 0. The van der Waals surface area contributed by atoms with Gasteiger partial charge in [-0.1, -0.05) is 23.7 Å². The molecule has 2 N–H and O–H groups in total. The van der Waals surface area contributed by atoms with E-state index in [-0.39, 0.29) is 5.91 Å². The first-order chi connectivity index (χ1) is 13.3. The summed E-state index contributed by atoms with van der Waals surface area (Å²) >= 11 is 10.7. The number of hydrogen-bond acceptors (Lipinski definition) is 5. The van der Waals surface area contributed by atoms with Crippen LogP contribution in [0.2, 0.25) is 5.02 Å². The van der Waals surface area contributed by atoms with Crippen molar-refractivity contribution in [3.63, 3.8) is 0 Å². The first kappa shape index (κ1) is 20.4. The number of carboxylic acid groups (broad SMARTS) is 1. The van der Waals surface area contributed by atoms with E-state index in [1.54, 1.807) is 36.4 Å². The predicted octanol–water partition coefficient (Wildman–Crippen LogP) is 4.77. The average Bonchev–Trinajstić information content (AvgIpc) is 2.97. The van der Waals surface area contributed by atoms with Crippen LogP contribution in [-0.4, -0.2) is 28.8 Å². The van der Waals surface area contributed by atoms with Crippen LogP contribution in [0.3, 0.4) is 0 Å². The van der Waals surface area contributed by atoms with Crippen molar-refractivity contribution < 1.29 is 19.4 Å². The molecule has 0 bridgehead atoms. The lowest BCUT2D eigenvalue weighted by molar-refractivity contribution is -0.139. The molecule has 0 aromatic heterocycles. The van der Waals surface area contributed by atoms with Gasteiger partial charge in [0.1, 0.15) is 5.75 Å². The molecule has 1 heterocycles. The van der Waals surface area contributed by atoms with Crippen LogP contribution in [0.15, 0.2) is 50.8 Å². The number of carbonyl (C=O) groups excluding carboxylic acids is 1. The monoisotopic (exact) mass is 480 g/mol. The van der Waals surface area contributed by atoms with Gasteiger partial charge in [-0.05, 0) is 76.1 Å². The van der Waals surface area contributed by atoms with E-state index < -0.39 is 12.6 Å². The number of amides is 1. The number of nitrogens with one attached hydrogen (secondary N) is 1. The number of rotatable bonds is 5. The third kappa shape index (κ3) is 4.95. The summed E-state index contributed by atoms with van der Waals surface area (Å²) in [6.45, 7) is 1.44. The van der Waals surface area contributed by atoms with Gasteiger partial charge in [0.05, 0.1) is 15.1 Å². The highest BCUT2D eigenvalue weighted by Crippen LogP contribution is 2.32. The molecule has 0 radical (unpaired) electrons. The number of nitrogens with zero attached hydrogens (tertiary/aromatic N) is 1. The number of carbonyl (C=O) groups is 2. The first-order valence-electron chi connectivity index (χ1n) is 8.02. The zero-order chi connectivity index (χ0) is 20.3. The number of carboxylic acids is 1. The highest BCUT2D eigenvalue weighted by molar-refractivity contribution is 9.10. The second-order valence-electron chi connectivity index (χ2n) is 5.74. The van der Waals surface area contributed by atoms with Gasteiger partial charge in [0.2, 0.25) is 0 Å². The van der Waals surface area contributed by atoms with E-state index in [4.69, 9.17) is 21.4 Å². The number of amidine groups is 1. The van der Waals surface area contributed by atoms with E-state index >= 15 is 0 Å². The number of hydrogen-bond donors (Lipinski definition) is 2. The Labute approximate surface area is 178 Å². The third-order valence-corrected chi connectivity index (χ3v) is 5.66. The minimum atomic E-state index is -1.06. The van der Waals surface area contributed by atoms with Crippen molar-refractivity contribution in [2.24, 2.45) is 4.99 Å². The first-order valence-corrected chi connectivity index (χ1v) is 10.0. The van der Waals surface area contributed by atoms with Crippen LogP contribution in [0.25, 0.3) is 6.08 Å². The Bertz CT molecular complexity index is 1020. The Morgan fingerprint density at radius 1 is 1.39 bits per heavy atom. The molecule has 9 heteroatoms. The molecular weight excluding hydrogens is 468 g/mol. The van der Waals surface area contributed by atoms with Crippen LogP contribution >= 0.6 is 39.3 Å². The molecule has 2 aromatic carbocycles. The molecule has 0 spiro atoms. The second-order valence-corrected chi connectivity index (χ2v) is 8.03. The number of ether oxygens (including phenoxy) is 1. The number of aliphatic imine (C=N–C) groups is 1. The molecule has 0 aliphatic carbocycles. The van der Waals surface area contributed by atoms with Crippen LogP contribution in [0.1, 0.15) is 11.1 Å². The molecule has 1 amide bonds. The Hall–Kier alpha value is -2.29. The topological polar surface area (TPSA) is 88.0 Å². The number of halogens is 2. The van der Waals surface area contributed by atoms with Crippen LogP contribution < -0.4 is 10.1 Å². The Morgan fingerprint density at radius 3 is 2.89 bits per heavy atom. The number of thioether (sulfide) groups is 1. The minimum absolute atomic E-state index is 0.245. The standard InChI is InChI=1S/C19H14BrClN2O4S/c1-10-13(21)3-2-4-14(10)22-19-23-18(26)16(28-19)8-11-5-6-15(12(20)7-11)27-9-17(24)25/h2-8H,9H2,1H3,(H,24,25)(H,22,23,26)/b16-8+. The van der Waals surface area contributed by atoms with Crippen molar-refractivity contribution >= 4 is 68.1 Å². The van der Waals surface area contributed by atoms with Gasteiger partial charge in [-0.2, -0.15) is 0 Å². The summed E-state index contributed by atoms with van der Waals surface area (Å²) in [5.41, 5.74) is 2.29. The maximum Gasteiger partial charge on any atom is 0.341 e. The Morgan fingerprint density at radius 2 is 2.18 bits per heavy atom. The summed E-state index contributed by atoms with van der Waals surface area (Å²) < 4.78 is 5.76. The molecule has 1 aliphatic rings. The molecule has 1 aliphatic heterocycles. The van der Waals surface area contributed by atoms with Crippen molar-refractivity contribution in [3.8, 4) is 5.75 Å². The molecule has 2 aromatic rings. The van der Waals surface area contributed by atoms with Crippen molar-refractivity contribution in [1.29, 1.82) is 0 Å². The van der Waals surface area contributed by atoms with Crippen molar-refractivity contribution in [2.45, 2.75) is 6.92 Å². The van der Waals surface area contributed by atoms with Crippen molar-refractivity contribution in [1.82, 2.24) is 5.32 Å². The summed E-state index contributed by atoms with van der Waals surface area (Å²) in [5.74, 6) is -0.892. The second kappa shape index (κ2) is 8.81. The highest BCUT2D eigenvalue weighted by atomic mass is 79.9. The molecular formula is C19H14BrClN2O4S.